The van der Waals surface area contributed by atoms with E-state index >= 15 is 0 Å². The maximum absolute atomic E-state index is 13.6. The Bertz CT molecular complexity index is 1030. The third-order valence-corrected chi connectivity index (χ3v) is 6.02. The summed E-state index contributed by atoms with van der Waals surface area (Å²) < 4.78 is 17.0. The van der Waals surface area contributed by atoms with Gasteiger partial charge in [0.1, 0.15) is 17.0 Å². The number of rotatable bonds is 11. The molecule has 1 amide bonds. The maximum Gasteiger partial charge on any atom is 0.320 e. The summed E-state index contributed by atoms with van der Waals surface area (Å²) in [6.45, 7) is 9.61. The van der Waals surface area contributed by atoms with Gasteiger partial charge >= 0.3 is 6.01 Å². The van der Waals surface area contributed by atoms with Crippen LogP contribution in [0.4, 0.5) is 5.13 Å². The van der Waals surface area contributed by atoms with E-state index in [9.17, 15) is 4.79 Å². The van der Waals surface area contributed by atoms with E-state index in [4.69, 9.17) is 19.2 Å². The Morgan fingerprint density at radius 3 is 2.47 bits per heavy atom. The van der Waals surface area contributed by atoms with Crippen LogP contribution < -0.4 is 19.1 Å². The number of hydrogen-bond donors (Lipinski definition) is 0. The molecule has 0 aliphatic carbocycles. The Balaban J connectivity index is 2.03. The van der Waals surface area contributed by atoms with Crippen molar-refractivity contribution in [3.05, 3.63) is 30.0 Å². The standard InChI is InChI=1S/C22H29N5O4S/c1-6-26(7-2)12-13-27(20(28)15-14-18(29-4)24-21(23-15)30-5)22-25-19-16(31-8-3)10-9-11-17(19)32-22/h9-11,14H,6-8,12-13H2,1-5H3. The second kappa shape index (κ2) is 11.1. The minimum Gasteiger partial charge on any atom is -0.492 e. The predicted molar refractivity (Wildman–Crippen MR) is 125 cm³/mol. The van der Waals surface area contributed by atoms with E-state index in [0.717, 1.165) is 23.3 Å². The summed E-state index contributed by atoms with van der Waals surface area (Å²) >= 11 is 1.44. The summed E-state index contributed by atoms with van der Waals surface area (Å²) in [5.41, 5.74) is 0.922. The topological polar surface area (TPSA) is 89.9 Å². The van der Waals surface area contributed by atoms with Crippen molar-refractivity contribution in [2.24, 2.45) is 0 Å². The van der Waals surface area contributed by atoms with Gasteiger partial charge in [-0.2, -0.15) is 9.97 Å². The molecule has 0 spiro atoms. The lowest BCUT2D eigenvalue weighted by Crippen LogP contribution is -2.39. The highest BCUT2D eigenvalue weighted by atomic mass is 32.1. The first kappa shape index (κ1) is 23.7. The number of amides is 1. The Hall–Kier alpha value is -2.98. The molecule has 0 atom stereocenters. The molecule has 32 heavy (non-hydrogen) atoms. The number of hydrogen-bond acceptors (Lipinski definition) is 9. The van der Waals surface area contributed by atoms with Crippen LogP contribution >= 0.6 is 11.3 Å². The largest absolute Gasteiger partial charge is 0.492 e. The smallest absolute Gasteiger partial charge is 0.320 e. The van der Waals surface area contributed by atoms with Crippen molar-refractivity contribution in [3.8, 4) is 17.6 Å². The van der Waals surface area contributed by atoms with Gasteiger partial charge in [0.25, 0.3) is 5.91 Å². The molecule has 9 nitrogen and oxygen atoms in total. The lowest BCUT2D eigenvalue weighted by atomic mass is 10.3. The van der Waals surface area contributed by atoms with Crippen molar-refractivity contribution < 1.29 is 19.0 Å². The highest BCUT2D eigenvalue weighted by Gasteiger charge is 2.25. The zero-order valence-electron chi connectivity index (χ0n) is 19.1. The first-order valence-electron chi connectivity index (χ1n) is 10.6. The Kier molecular flexibility index (Phi) is 8.18. The molecule has 0 N–H and O–H groups in total. The summed E-state index contributed by atoms with van der Waals surface area (Å²) in [5.74, 6) is 0.661. The minimum absolute atomic E-state index is 0.0688. The van der Waals surface area contributed by atoms with Gasteiger partial charge in [-0.05, 0) is 32.1 Å². The van der Waals surface area contributed by atoms with Gasteiger partial charge in [-0.15, -0.1) is 0 Å². The van der Waals surface area contributed by atoms with Crippen molar-refractivity contribution >= 4 is 32.6 Å². The SMILES string of the molecule is CCOc1cccc2sc(N(CCN(CC)CC)C(=O)c3cc(OC)nc(OC)n3)nc12. The van der Waals surface area contributed by atoms with Gasteiger partial charge in [-0.25, -0.2) is 4.98 Å². The molecule has 2 aromatic heterocycles. The Morgan fingerprint density at radius 1 is 1.03 bits per heavy atom. The van der Waals surface area contributed by atoms with Crippen LogP contribution in [-0.2, 0) is 0 Å². The number of para-hydroxylation sites is 1. The summed E-state index contributed by atoms with van der Waals surface area (Å²) in [6, 6.07) is 7.37. The van der Waals surface area contributed by atoms with Crippen molar-refractivity contribution in [1.82, 2.24) is 19.9 Å². The summed E-state index contributed by atoms with van der Waals surface area (Å²) in [4.78, 5) is 30.6. The van der Waals surface area contributed by atoms with Crippen LogP contribution in [0.3, 0.4) is 0 Å². The molecule has 0 radical (unpaired) electrons. The quantitative estimate of drug-likeness (QED) is 0.430. The van der Waals surface area contributed by atoms with E-state index in [1.165, 1.54) is 31.6 Å². The number of fused-ring (bicyclic) bond motifs is 1. The van der Waals surface area contributed by atoms with Crippen LogP contribution in [0.1, 0.15) is 31.3 Å². The average Bonchev–Trinajstić information content (AvgIpc) is 3.26. The predicted octanol–water partition coefficient (Wildman–Crippen LogP) is 3.49. The molecule has 1 aromatic carbocycles. The fourth-order valence-electron chi connectivity index (χ4n) is 3.21. The van der Waals surface area contributed by atoms with Crippen molar-refractivity contribution in [2.75, 3.05) is 51.9 Å². The number of carbonyl (C=O) groups is 1. The van der Waals surface area contributed by atoms with Crippen molar-refractivity contribution in [1.29, 1.82) is 0 Å². The van der Waals surface area contributed by atoms with Gasteiger partial charge in [0.2, 0.25) is 5.88 Å². The van der Waals surface area contributed by atoms with Crippen LogP contribution in [0.2, 0.25) is 0 Å². The third-order valence-electron chi connectivity index (χ3n) is 4.97. The Morgan fingerprint density at radius 2 is 1.81 bits per heavy atom. The number of thiazole rings is 1. The number of likely N-dealkylation sites (N-methyl/N-ethyl adjacent to an activating group) is 1. The first-order valence-corrected chi connectivity index (χ1v) is 11.4. The van der Waals surface area contributed by atoms with E-state index < -0.39 is 0 Å². The molecule has 172 valence electrons. The second-order valence-corrected chi connectivity index (χ2v) is 7.81. The van der Waals surface area contributed by atoms with Crippen LogP contribution in [0, 0.1) is 0 Å². The molecule has 3 rings (SSSR count). The molecule has 0 bridgehead atoms. The van der Waals surface area contributed by atoms with Gasteiger partial charge in [-0.3, -0.25) is 9.69 Å². The Labute approximate surface area is 192 Å². The molecular weight excluding hydrogens is 430 g/mol. The lowest BCUT2D eigenvalue weighted by Gasteiger charge is -2.24. The monoisotopic (exact) mass is 459 g/mol. The minimum atomic E-state index is -0.298. The molecule has 0 saturated carbocycles. The summed E-state index contributed by atoms with van der Waals surface area (Å²) in [7, 11) is 2.93. The third kappa shape index (κ3) is 5.25. The zero-order valence-corrected chi connectivity index (χ0v) is 19.9. The first-order chi connectivity index (χ1) is 15.5. The van der Waals surface area contributed by atoms with Gasteiger partial charge < -0.3 is 19.1 Å². The number of aromatic nitrogens is 3. The molecule has 3 aromatic rings. The van der Waals surface area contributed by atoms with E-state index in [-0.39, 0.29) is 23.5 Å². The molecule has 2 heterocycles. The van der Waals surface area contributed by atoms with Gasteiger partial charge in [0.05, 0.1) is 25.5 Å². The van der Waals surface area contributed by atoms with E-state index in [1.54, 1.807) is 4.90 Å². The summed E-state index contributed by atoms with van der Waals surface area (Å²) in [5, 5.41) is 0.584. The maximum atomic E-state index is 13.6. The number of carbonyl (C=O) groups excluding carboxylic acids is 1. The molecule has 0 unspecified atom stereocenters. The molecule has 0 aliphatic heterocycles. The highest BCUT2D eigenvalue weighted by molar-refractivity contribution is 7.22. The van der Waals surface area contributed by atoms with Crippen LogP contribution in [-0.4, -0.2) is 72.8 Å². The van der Waals surface area contributed by atoms with E-state index in [0.29, 0.717) is 30.6 Å². The lowest BCUT2D eigenvalue weighted by molar-refractivity contribution is 0.0977. The average molecular weight is 460 g/mol. The molecular formula is C22H29N5O4S. The fraction of sp³-hybridized carbons (Fsp3) is 0.455. The highest BCUT2D eigenvalue weighted by Crippen LogP contribution is 2.35. The van der Waals surface area contributed by atoms with Gasteiger partial charge in [0.15, 0.2) is 5.13 Å². The normalized spacial score (nSPS) is 11.1. The van der Waals surface area contributed by atoms with Crippen LogP contribution in [0.15, 0.2) is 24.3 Å². The van der Waals surface area contributed by atoms with Crippen LogP contribution in [0.5, 0.6) is 17.6 Å². The molecule has 0 saturated heterocycles. The van der Waals surface area contributed by atoms with Crippen LogP contribution in [0.25, 0.3) is 10.2 Å². The van der Waals surface area contributed by atoms with E-state index in [1.807, 2.05) is 25.1 Å². The van der Waals surface area contributed by atoms with Crippen molar-refractivity contribution in [3.63, 3.8) is 0 Å². The zero-order chi connectivity index (χ0) is 23.1. The molecule has 10 heteroatoms. The summed E-state index contributed by atoms with van der Waals surface area (Å²) in [6.07, 6.45) is 0. The molecule has 0 aliphatic rings. The number of benzene rings is 1. The van der Waals surface area contributed by atoms with Gasteiger partial charge in [-0.1, -0.05) is 31.3 Å². The molecule has 0 fully saturated rings. The second-order valence-electron chi connectivity index (χ2n) is 6.80. The fourth-order valence-corrected chi connectivity index (χ4v) is 4.22. The van der Waals surface area contributed by atoms with Gasteiger partial charge in [0, 0.05) is 19.2 Å². The number of methoxy groups -OCH3 is 2. The number of anilines is 1. The van der Waals surface area contributed by atoms with Crippen molar-refractivity contribution in [2.45, 2.75) is 20.8 Å². The van der Waals surface area contributed by atoms with E-state index in [2.05, 4.69) is 28.7 Å². The number of ether oxygens (including phenoxy) is 3. The number of nitrogens with zero attached hydrogens (tertiary/aromatic N) is 5.